The van der Waals surface area contributed by atoms with E-state index in [-0.39, 0.29) is 25.0 Å². The Balaban J connectivity index is 1.71. The number of carbonyl (C=O) groups excluding carboxylic acids is 1. The van der Waals surface area contributed by atoms with E-state index in [0.29, 0.717) is 10.6 Å². The molecule has 0 unspecified atom stereocenters. The molecule has 0 radical (unpaired) electrons. The van der Waals surface area contributed by atoms with Crippen molar-refractivity contribution < 1.29 is 13.2 Å². The number of hydrogen-bond donors (Lipinski definition) is 1. The van der Waals surface area contributed by atoms with Crippen LogP contribution in [0.25, 0.3) is 0 Å². The van der Waals surface area contributed by atoms with Gasteiger partial charge in [0.2, 0.25) is 15.9 Å². The minimum Gasteiger partial charge on any atom is -0.348 e. The van der Waals surface area contributed by atoms with Gasteiger partial charge in [0.25, 0.3) is 0 Å². The highest BCUT2D eigenvalue weighted by Gasteiger charge is 2.23. The molecule has 1 atom stereocenters. The monoisotopic (exact) mass is 448 g/mol. The molecule has 1 aliphatic rings. The van der Waals surface area contributed by atoms with E-state index >= 15 is 0 Å². The zero-order valence-electron chi connectivity index (χ0n) is 17.5. The van der Waals surface area contributed by atoms with Gasteiger partial charge < -0.3 is 5.32 Å². The lowest BCUT2D eigenvalue weighted by molar-refractivity contribution is -0.122. The van der Waals surface area contributed by atoms with Gasteiger partial charge in [-0.05, 0) is 60.4 Å². The molecule has 0 aromatic heterocycles. The second-order valence-electron chi connectivity index (χ2n) is 7.89. The summed E-state index contributed by atoms with van der Waals surface area (Å²) in [6.07, 6.45) is 6.46. The molecule has 0 heterocycles. The highest BCUT2D eigenvalue weighted by molar-refractivity contribution is 7.88. The van der Waals surface area contributed by atoms with Gasteiger partial charge in [0.05, 0.1) is 18.8 Å². The quantitative estimate of drug-likeness (QED) is 0.656. The zero-order chi connectivity index (χ0) is 21.7. The highest BCUT2D eigenvalue weighted by Crippen LogP contribution is 2.26. The fourth-order valence-electron chi connectivity index (χ4n) is 3.90. The number of nitrogens with one attached hydrogen (secondary N) is 1. The van der Waals surface area contributed by atoms with Crippen molar-refractivity contribution in [1.29, 1.82) is 0 Å². The molecule has 0 spiro atoms. The van der Waals surface area contributed by atoms with Crippen LogP contribution in [0, 0.1) is 0 Å². The second-order valence-corrected chi connectivity index (χ2v) is 10.3. The summed E-state index contributed by atoms with van der Waals surface area (Å²) in [6.45, 7) is 1.83. The first-order valence-electron chi connectivity index (χ1n) is 10.4. The summed E-state index contributed by atoms with van der Waals surface area (Å²) >= 11 is 6.18. The van der Waals surface area contributed by atoms with Crippen LogP contribution < -0.4 is 5.32 Å². The van der Waals surface area contributed by atoms with Crippen LogP contribution in [0.15, 0.2) is 42.5 Å². The number of hydrogen-bond acceptors (Lipinski definition) is 3. The molecule has 1 N–H and O–H groups in total. The number of rotatable bonds is 8. The van der Waals surface area contributed by atoms with E-state index in [9.17, 15) is 13.2 Å². The number of sulfonamides is 1. The summed E-state index contributed by atoms with van der Waals surface area (Å²) in [6, 6.07) is 13.3. The van der Waals surface area contributed by atoms with Crippen LogP contribution in [0.2, 0.25) is 5.02 Å². The van der Waals surface area contributed by atoms with Crippen molar-refractivity contribution in [3.05, 3.63) is 69.7 Å². The fourth-order valence-corrected chi connectivity index (χ4v) is 4.82. The Kier molecular flexibility index (Phi) is 7.55. The zero-order valence-corrected chi connectivity index (χ0v) is 19.1. The van der Waals surface area contributed by atoms with E-state index in [1.807, 2.05) is 6.92 Å². The fraction of sp³-hybridized carbons (Fsp3) is 0.435. The molecule has 5 nitrogen and oxygen atoms in total. The normalized spacial score (nSPS) is 14.9. The van der Waals surface area contributed by atoms with Crippen molar-refractivity contribution in [2.75, 3.05) is 12.8 Å². The maximum atomic E-state index is 12.8. The Morgan fingerprint density at radius 2 is 1.83 bits per heavy atom. The Labute approximate surface area is 184 Å². The summed E-state index contributed by atoms with van der Waals surface area (Å²) in [5.74, 6) is -0.322. The third kappa shape index (κ3) is 5.84. The molecule has 7 heteroatoms. The largest absolute Gasteiger partial charge is 0.348 e. The van der Waals surface area contributed by atoms with Crippen LogP contribution in [-0.4, -0.2) is 31.4 Å². The predicted molar refractivity (Wildman–Crippen MR) is 121 cm³/mol. The number of amides is 1. The van der Waals surface area contributed by atoms with E-state index < -0.39 is 10.0 Å². The van der Waals surface area contributed by atoms with E-state index in [1.165, 1.54) is 24.0 Å². The van der Waals surface area contributed by atoms with Gasteiger partial charge in [-0.15, -0.1) is 0 Å². The Bertz CT molecular complexity index is 1010. The van der Waals surface area contributed by atoms with E-state index in [1.54, 1.807) is 24.3 Å². The lowest BCUT2D eigenvalue weighted by atomic mass is 9.89. The van der Waals surface area contributed by atoms with E-state index in [2.05, 4.69) is 23.5 Å². The van der Waals surface area contributed by atoms with E-state index in [4.69, 9.17) is 11.6 Å². The summed E-state index contributed by atoms with van der Waals surface area (Å²) < 4.78 is 25.7. The van der Waals surface area contributed by atoms with Crippen molar-refractivity contribution in [2.24, 2.45) is 0 Å². The van der Waals surface area contributed by atoms with Gasteiger partial charge >= 0.3 is 0 Å². The van der Waals surface area contributed by atoms with Crippen LogP contribution in [0.5, 0.6) is 0 Å². The van der Waals surface area contributed by atoms with Crippen LogP contribution in [0.3, 0.4) is 0 Å². The molecule has 2 aromatic carbocycles. The second kappa shape index (κ2) is 9.94. The molecule has 30 heavy (non-hydrogen) atoms. The van der Waals surface area contributed by atoms with Crippen molar-refractivity contribution in [1.82, 2.24) is 9.62 Å². The van der Waals surface area contributed by atoms with Gasteiger partial charge in [0.1, 0.15) is 0 Å². The standard InChI is InChI=1S/C23H29ClN2O3S/c1-3-22(19-13-12-17-8-4-5-9-18(17)14-19)25-23(27)16-26(30(2,28)29)15-20-10-6-7-11-21(20)24/h6-7,10-14,22H,3-5,8-9,15-16H2,1-2H3,(H,25,27)/t22-/m1/s1. The SMILES string of the molecule is CC[C@@H](NC(=O)CN(Cc1ccccc1Cl)S(C)(=O)=O)c1ccc2c(c1)CCCC2. The molecular weight excluding hydrogens is 420 g/mol. The van der Waals surface area contributed by atoms with Gasteiger partial charge in [0.15, 0.2) is 0 Å². The lowest BCUT2D eigenvalue weighted by Gasteiger charge is -2.24. The minimum atomic E-state index is -3.58. The average molecular weight is 449 g/mol. The maximum absolute atomic E-state index is 12.8. The van der Waals surface area contributed by atoms with Crippen molar-refractivity contribution in [3.8, 4) is 0 Å². The topological polar surface area (TPSA) is 66.5 Å². The third-order valence-corrected chi connectivity index (χ3v) is 7.18. The number of fused-ring (bicyclic) bond motifs is 1. The molecular formula is C23H29ClN2O3S. The molecule has 0 fully saturated rings. The average Bonchev–Trinajstić information content (AvgIpc) is 2.72. The number of halogens is 1. The summed E-state index contributed by atoms with van der Waals surface area (Å²) in [7, 11) is -3.58. The maximum Gasteiger partial charge on any atom is 0.235 e. The third-order valence-electron chi connectivity index (χ3n) is 5.61. The first-order chi connectivity index (χ1) is 14.3. The molecule has 1 amide bonds. The Hall–Kier alpha value is -1.89. The smallest absolute Gasteiger partial charge is 0.235 e. The molecule has 0 bridgehead atoms. The Morgan fingerprint density at radius 1 is 1.13 bits per heavy atom. The highest BCUT2D eigenvalue weighted by atomic mass is 35.5. The van der Waals surface area contributed by atoms with Gasteiger partial charge in [-0.1, -0.05) is 54.9 Å². The molecule has 162 valence electrons. The van der Waals surface area contributed by atoms with Crippen LogP contribution in [0.1, 0.15) is 54.5 Å². The Morgan fingerprint density at radius 3 is 2.50 bits per heavy atom. The van der Waals surface area contributed by atoms with Crippen LogP contribution in [0.4, 0.5) is 0 Å². The van der Waals surface area contributed by atoms with Crippen LogP contribution >= 0.6 is 11.6 Å². The first kappa shape index (κ1) is 22.8. The number of nitrogens with zero attached hydrogens (tertiary/aromatic N) is 1. The van der Waals surface area contributed by atoms with E-state index in [0.717, 1.165) is 35.4 Å². The van der Waals surface area contributed by atoms with Gasteiger partial charge in [-0.25, -0.2) is 8.42 Å². The summed E-state index contributed by atoms with van der Waals surface area (Å²) in [5.41, 5.74) is 4.50. The summed E-state index contributed by atoms with van der Waals surface area (Å²) in [5, 5.41) is 3.49. The molecule has 0 saturated heterocycles. The van der Waals surface area contributed by atoms with Gasteiger partial charge in [0, 0.05) is 11.6 Å². The summed E-state index contributed by atoms with van der Waals surface area (Å²) in [4.78, 5) is 12.8. The number of carbonyl (C=O) groups is 1. The number of benzene rings is 2. The molecule has 1 aliphatic carbocycles. The predicted octanol–water partition coefficient (Wildman–Crippen LogP) is 4.25. The molecule has 3 rings (SSSR count). The first-order valence-corrected chi connectivity index (χ1v) is 12.6. The van der Waals surface area contributed by atoms with Gasteiger partial charge in [-0.3, -0.25) is 4.79 Å². The van der Waals surface area contributed by atoms with Crippen molar-refractivity contribution in [2.45, 2.75) is 51.6 Å². The van der Waals surface area contributed by atoms with Crippen molar-refractivity contribution in [3.63, 3.8) is 0 Å². The van der Waals surface area contributed by atoms with Gasteiger partial charge in [-0.2, -0.15) is 4.31 Å². The van der Waals surface area contributed by atoms with Crippen LogP contribution in [-0.2, 0) is 34.2 Å². The molecule has 0 aliphatic heterocycles. The molecule has 2 aromatic rings. The van der Waals surface area contributed by atoms with Crippen molar-refractivity contribution >= 4 is 27.5 Å². The molecule has 0 saturated carbocycles. The lowest BCUT2D eigenvalue weighted by Crippen LogP contribution is -2.41. The minimum absolute atomic E-state index is 0.0571. The number of aryl methyl sites for hydroxylation is 2.